The molecule has 0 radical (unpaired) electrons. The summed E-state index contributed by atoms with van der Waals surface area (Å²) in [5, 5.41) is 13.6. The van der Waals surface area contributed by atoms with Crippen molar-refractivity contribution in [3.63, 3.8) is 0 Å². The fourth-order valence-electron chi connectivity index (χ4n) is 2.73. The highest BCUT2D eigenvalue weighted by molar-refractivity contribution is 5.64. The molecule has 23 heavy (non-hydrogen) atoms. The Morgan fingerprint density at radius 3 is 2.52 bits per heavy atom. The van der Waals surface area contributed by atoms with Crippen LogP contribution in [0, 0.1) is 18.3 Å². The molecule has 3 aromatic rings. The fourth-order valence-corrected chi connectivity index (χ4v) is 2.73. The smallest absolute Gasteiger partial charge is 0.163 e. The summed E-state index contributed by atoms with van der Waals surface area (Å²) in [6.45, 7) is 4.23. The van der Waals surface area contributed by atoms with Gasteiger partial charge in [0.1, 0.15) is 6.07 Å². The molecule has 0 fully saturated rings. The zero-order valence-electron chi connectivity index (χ0n) is 13.5. The lowest BCUT2D eigenvalue weighted by Crippen LogP contribution is -1.99. The zero-order chi connectivity index (χ0) is 16.2. The van der Waals surface area contributed by atoms with Gasteiger partial charge in [0.05, 0.1) is 11.4 Å². The van der Waals surface area contributed by atoms with E-state index < -0.39 is 0 Å². The number of nitrogens with zero attached hydrogens (tertiary/aromatic N) is 3. The molecular formula is C20H19N3. The Kier molecular flexibility index (Phi) is 4.25. The lowest BCUT2D eigenvalue weighted by Gasteiger charge is -2.09. The van der Waals surface area contributed by atoms with E-state index in [4.69, 9.17) is 0 Å². The van der Waals surface area contributed by atoms with Crippen LogP contribution in [-0.4, -0.2) is 9.78 Å². The lowest BCUT2D eigenvalue weighted by molar-refractivity contribution is 0.878. The molecule has 2 aromatic carbocycles. The van der Waals surface area contributed by atoms with Crippen molar-refractivity contribution in [1.82, 2.24) is 9.78 Å². The molecule has 114 valence electrons. The number of benzene rings is 2. The Balaban J connectivity index is 2.08. The van der Waals surface area contributed by atoms with Crippen molar-refractivity contribution in [2.75, 3.05) is 0 Å². The van der Waals surface area contributed by atoms with Crippen LogP contribution in [0.5, 0.6) is 0 Å². The second-order valence-electron chi connectivity index (χ2n) is 5.72. The van der Waals surface area contributed by atoms with Crippen LogP contribution in [0.3, 0.4) is 0 Å². The van der Waals surface area contributed by atoms with Gasteiger partial charge in [-0.1, -0.05) is 49.7 Å². The van der Waals surface area contributed by atoms with Crippen molar-refractivity contribution < 1.29 is 0 Å². The van der Waals surface area contributed by atoms with Gasteiger partial charge < -0.3 is 0 Å². The maximum atomic E-state index is 9.21. The third-order valence-corrected chi connectivity index (χ3v) is 3.86. The minimum Gasteiger partial charge on any atom is -0.232 e. The molecule has 0 N–H and O–H groups in total. The van der Waals surface area contributed by atoms with Gasteiger partial charge in [0, 0.05) is 11.6 Å². The monoisotopic (exact) mass is 301 g/mol. The summed E-state index contributed by atoms with van der Waals surface area (Å²) in [4.78, 5) is 0. The van der Waals surface area contributed by atoms with Gasteiger partial charge in [0.25, 0.3) is 0 Å². The molecule has 0 atom stereocenters. The zero-order valence-corrected chi connectivity index (χ0v) is 13.5. The summed E-state index contributed by atoms with van der Waals surface area (Å²) < 4.78 is 1.85. The highest BCUT2D eigenvalue weighted by Gasteiger charge is 2.11. The number of hydrogen-bond donors (Lipinski definition) is 0. The van der Waals surface area contributed by atoms with E-state index in [0.717, 1.165) is 29.8 Å². The van der Waals surface area contributed by atoms with Gasteiger partial charge in [-0.25, -0.2) is 4.68 Å². The van der Waals surface area contributed by atoms with Crippen LogP contribution < -0.4 is 0 Å². The van der Waals surface area contributed by atoms with Crippen molar-refractivity contribution in [3.8, 4) is 23.0 Å². The summed E-state index contributed by atoms with van der Waals surface area (Å²) in [6.07, 6.45) is 2.22. The van der Waals surface area contributed by atoms with E-state index in [1.54, 1.807) is 0 Å². The van der Waals surface area contributed by atoms with E-state index in [0.29, 0.717) is 5.69 Å². The molecule has 0 aliphatic carbocycles. The Morgan fingerprint density at radius 1 is 1.09 bits per heavy atom. The summed E-state index contributed by atoms with van der Waals surface area (Å²) in [6, 6.07) is 20.6. The summed E-state index contributed by atoms with van der Waals surface area (Å²) in [5.41, 5.74) is 5.91. The van der Waals surface area contributed by atoms with Crippen LogP contribution in [0.25, 0.3) is 16.9 Å². The molecule has 3 rings (SSSR count). The van der Waals surface area contributed by atoms with Gasteiger partial charge in [0.15, 0.2) is 5.69 Å². The van der Waals surface area contributed by atoms with Crippen molar-refractivity contribution in [2.45, 2.75) is 26.7 Å². The van der Waals surface area contributed by atoms with E-state index in [1.807, 2.05) is 22.9 Å². The van der Waals surface area contributed by atoms with Gasteiger partial charge in [-0.2, -0.15) is 10.4 Å². The van der Waals surface area contributed by atoms with Crippen molar-refractivity contribution in [2.24, 2.45) is 0 Å². The maximum Gasteiger partial charge on any atom is 0.163 e. The molecule has 0 spiro atoms. The second-order valence-corrected chi connectivity index (χ2v) is 5.72. The Labute approximate surface area is 136 Å². The molecule has 0 bridgehead atoms. The van der Waals surface area contributed by atoms with E-state index in [-0.39, 0.29) is 0 Å². The first-order valence-corrected chi connectivity index (χ1v) is 7.88. The number of rotatable bonds is 4. The summed E-state index contributed by atoms with van der Waals surface area (Å²) in [5.74, 6) is 0. The minimum absolute atomic E-state index is 0.430. The highest BCUT2D eigenvalue weighted by atomic mass is 15.3. The number of hydrogen-bond acceptors (Lipinski definition) is 2. The molecule has 0 saturated carbocycles. The van der Waals surface area contributed by atoms with Crippen LogP contribution >= 0.6 is 0 Å². The largest absolute Gasteiger partial charge is 0.232 e. The van der Waals surface area contributed by atoms with E-state index in [2.05, 4.69) is 61.4 Å². The topological polar surface area (TPSA) is 41.6 Å². The van der Waals surface area contributed by atoms with Gasteiger partial charge >= 0.3 is 0 Å². The van der Waals surface area contributed by atoms with Crippen LogP contribution in [0.2, 0.25) is 0 Å². The summed E-state index contributed by atoms with van der Waals surface area (Å²) >= 11 is 0. The van der Waals surface area contributed by atoms with Crippen LogP contribution in [0.4, 0.5) is 0 Å². The summed E-state index contributed by atoms with van der Waals surface area (Å²) in [7, 11) is 0. The first-order chi connectivity index (χ1) is 11.2. The predicted molar refractivity (Wildman–Crippen MR) is 92.4 cm³/mol. The third kappa shape index (κ3) is 3.17. The molecular weight excluding hydrogens is 282 g/mol. The van der Waals surface area contributed by atoms with Crippen LogP contribution in [-0.2, 0) is 6.42 Å². The van der Waals surface area contributed by atoms with Gasteiger partial charge in [-0.15, -0.1) is 0 Å². The van der Waals surface area contributed by atoms with Crippen molar-refractivity contribution in [3.05, 3.63) is 71.4 Å². The fraction of sp³-hybridized carbons (Fsp3) is 0.200. The Morgan fingerprint density at radius 2 is 1.87 bits per heavy atom. The molecule has 3 heteroatoms. The van der Waals surface area contributed by atoms with Gasteiger partial charge in [-0.3, -0.25) is 0 Å². The normalized spacial score (nSPS) is 10.5. The van der Waals surface area contributed by atoms with Gasteiger partial charge in [-0.05, 0) is 36.6 Å². The average molecular weight is 301 g/mol. The third-order valence-electron chi connectivity index (χ3n) is 3.86. The quantitative estimate of drug-likeness (QED) is 0.702. The first kappa shape index (κ1) is 15.1. The number of aromatic nitrogens is 2. The SMILES string of the molecule is CCCc1ccc(-c2cc(C#N)nn2-c2cccc(C)c2)cc1. The first-order valence-electron chi connectivity index (χ1n) is 7.88. The highest BCUT2D eigenvalue weighted by Crippen LogP contribution is 2.25. The molecule has 1 aromatic heterocycles. The standard InChI is InChI=1S/C20H19N3/c1-3-5-16-8-10-17(11-9-16)20-13-18(14-21)22-23(20)19-7-4-6-15(2)12-19/h4,6-13H,3,5H2,1-2H3. The van der Waals surface area contributed by atoms with Crippen LogP contribution in [0.15, 0.2) is 54.6 Å². The molecule has 0 aliphatic rings. The molecule has 0 saturated heterocycles. The Hall–Kier alpha value is -2.86. The van der Waals surface area contributed by atoms with E-state index >= 15 is 0 Å². The minimum atomic E-state index is 0.430. The van der Waals surface area contributed by atoms with Gasteiger partial charge in [0.2, 0.25) is 0 Å². The maximum absolute atomic E-state index is 9.21. The van der Waals surface area contributed by atoms with Crippen molar-refractivity contribution >= 4 is 0 Å². The molecule has 0 amide bonds. The molecule has 0 unspecified atom stereocenters. The predicted octanol–water partition coefficient (Wildman–Crippen LogP) is 4.67. The second kappa shape index (κ2) is 6.50. The lowest BCUT2D eigenvalue weighted by atomic mass is 10.1. The average Bonchev–Trinajstić information content (AvgIpc) is 3.00. The number of nitriles is 1. The number of aryl methyl sites for hydroxylation is 2. The Bertz CT molecular complexity index is 851. The van der Waals surface area contributed by atoms with Crippen LogP contribution in [0.1, 0.15) is 30.2 Å². The molecule has 0 aliphatic heterocycles. The molecule has 1 heterocycles. The van der Waals surface area contributed by atoms with E-state index in [9.17, 15) is 5.26 Å². The van der Waals surface area contributed by atoms with E-state index in [1.165, 1.54) is 11.1 Å². The molecule has 3 nitrogen and oxygen atoms in total. The van der Waals surface area contributed by atoms with Crippen molar-refractivity contribution in [1.29, 1.82) is 5.26 Å².